The van der Waals surface area contributed by atoms with Gasteiger partial charge in [-0.2, -0.15) is 4.98 Å². The van der Waals surface area contributed by atoms with Crippen molar-refractivity contribution in [3.8, 4) is 0 Å². The smallest absolute Gasteiger partial charge is 0.262 e. The third-order valence-corrected chi connectivity index (χ3v) is 5.96. The Morgan fingerprint density at radius 1 is 1.36 bits per heavy atom. The summed E-state index contributed by atoms with van der Waals surface area (Å²) in [6.07, 6.45) is 2.99. The molecule has 1 fully saturated rings. The Balaban J connectivity index is 1.59. The third-order valence-electron chi connectivity index (χ3n) is 4.50. The summed E-state index contributed by atoms with van der Waals surface area (Å²) < 4.78 is 13.3. The number of hydrogen-bond acceptors (Lipinski definition) is 7. The van der Waals surface area contributed by atoms with Gasteiger partial charge in [0.25, 0.3) is 5.56 Å². The maximum absolute atomic E-state index is 13.1. The highest BCUT2D eigenvalue weighted by molar-refractivity contribution is 9.10. The Hall–Kier alpha value is -1.71. The highest BCUT2D eigenvalue weighted by atomic mass is 79.9. The van der Waals surface area contributed by atoms with Gasteiger partial charge in [-0.25, -0.2) is 4.98 Å². The van der Waals surface area contributed by atoms with Crippen molar-refractivity contribution in [1.82, 2.24) is 19.7 Å². The van der Waals surface area contributed by atoms with E-state index in [1.807, 2.05) is 25.1 Å². The van der Waals surface area contributed by atoms with Crippen molar-refractivity contribution in [3.63, 3.8) is 0 Å². The molecule has 1 aliphatic carbocycles. The zero-order valence-electron chi connectivity index (χ0n) is 15.6. The molecule has 2 heterocycles. The first kappa shape index (κ1) is 19.6. The molecule has 0 N–H and O–H groups in total. The van der Waals surface area contributed by atoms with Gasteiger partial charge in [0, 0.05) is 30.1 Å². The van der Waals surface area contributed by atoms with Crippen molar-refractivity contribution in [2.75, 3.05) is 13.2 Å². The molecule has 7 nitrogen and oxygen atoms in total. The minimum absolute atomic E-state index is 0.0444. The molecule has 148 valence electrons. The van der Waals surface area contributed by atoms with Gasteiger partial charge in [-0.1, -0.05) is 32.8 Å². The summed E-state index contributed by atoms with van der Waals surface area (Å²) in [7, 11) is 0. The summed E-state index contributed by atoms with van der Waals surface area (Å²) >= 11 is 4.89. The first-order chi connectivity index (χ1) is 13.7. The number of ether oxygens (including phenoxy) is 1. The van der Waals surface area contributed by atoms with Crippen LogP contribution in [0.15, 0.2) is 37.1 Å². The molecule has 0 spiro atoms. The van der Waals surface area contributed by atoms with E-state index < -0.39 is 0 Å². The van der Waals surface area contributed by atoms with E-state index in [0.717, 1.165) is 29.6 Å². The average molecular weight is 465 g/mol. The zero-order valence-corrected chi connectivity index (χ0v) is 18.0. The fourth-order valence-corrected chi connectivity index (χ4v) is 4.13. The molecule has 4 rings (SSSR count). The molecule has 0 atom stereocenters. The highest BCUT2D eigenvalue weighted by Gasteiger charge is 2.29. The van der Waals surface area contributed by atoms with Crippen molar-refractivity contribution < 1.29 is 9.26 Å². The second kappa shape index (κ2) is 8.75. The Kier molecular flexibility index (Phi) is 6.13. The average Bonchev–Trinajstić information content (AvgIpc) is 3.44. The largest absolute Gasteiger partial charge is 0.382 e. The Bertz CT molecular complexity index is 1030. The lowest BCUT2D eigenvalue weighted by atomic mass is 10.2. The van der Waals surface area contributed by atoms with Crippen LogP contribution >= 0.6 is 27.7 Å². The van der Waals surface area contributed by atoms with Gasteiger partial charge in [-0.15, -0.1) is 0 Å². The number of halogens is 1. The van der Waals surface area contributed by atoms with Gasteiger partial charge in [0.1, 0.15) is 0 Å². The molecule has 0 unspecified atom stereocenters. The van der Waals surface area contributed by atoms with E-state index in [1.165, 1.54) is 11.8 Å². The van der Waals surface area contributed by atoms with Gasteiger partial charge in [0.15, 0.2) is 11.0 Å². The van der Waals surface area contributed by atoms with E-state index >= 15 is 0 Å². The van der Waals surface area contributed by atoms with Gasteiger partial charge >= 0.3 is 0 Å². The number of fused-ring (bicyclic) bond motifs is 1. The van der Waals surface area contributed by atoms with Crippen molar-refractivity contribution >= 4 is 38.6 Å². The number of thioether (sulfide) groups is 1. The predicted molar refractivity (Wildman–Crippen MR) is 111 cm³/mol. The molecule has 0 amide bonds. The van der Waals surface area contributed by atoms with Gasteiger partial charge < -0.3 is 9.26 Å². The van der Waals surface area contributed by atoms with Crippen LogP contribution in [0.4, 0.5) is 0 Å². The Morgan fingerprint density at radius 3 is 3.00 bits per heavy atom. The second-order valence-electron chi connectivity index (χ2n) is 6.67. The summed E-state index contributed by atoms with van der Waals surface area (Å²) in [6.45, 7) is 3.79. The zero-order chi connectivity index (χ0) is 19.5. The van der Waals surface area contributed by atoms with E-state index in [9.17, 15) is 4.79 Å². The molecule has 0 saturated heterocycles. The van der Waals surface area contributed by atoms with Gasteiger partial charge in [-0.3, -0.25) is 9.36 Å². The molecule has 1 aromatic carbocycles. The fourth-order valence-electron chi connectivity index (χ4n) is 2.90. The second-order valence-corrected chi connectivity index (χ2v) is 8.53. The molecule has 3 aromatic rings. The predicted octanol–water partition coefficient (Wildman–Crippen LogP) is 4.14. The van der Waals surface area contributed by atoms with Crippen LogP contribution in [0.2, 0.25) is 0 Å². The fraction of sp³-hybridized carbons (Fsp3) is 0.474. The van der Waals surface area contributed by atoms with Crippen LogP contribution in [-0.4, -0.2) is 32.9 Å². The Morgan fingerprint density at radius 2 is 2.21 bits per heavy atom. The first-order valence-corrected chi connectivity index (χ1v) is 11.2. The summed E-state index contributed by atoms with van der Waals surface area (Å²) in [4.78, 5) is 22.3. The lowest BCUT2D eigenvalue weighted by Gasteiger charge is -2.12. The number of benzene rings is 1. The monoisotopic (exact) mass is 464 g/mol. The third kappa shape index (κ3) is 4.47. The molecule has 0 radical (unpaired) electrons. The summed E-state index contributed by atoms with van der Waals surface area (Å²) in [6, 6.07) is 5.57. The van der Waals surface area contributed by atoms with Gasteiger partial charge in [-0.05, 0) is 44.4 Å². The number of rotatable bonds is 9. The molecule has 1 saturated carbocycles. The normalized spacial score (nSPS) is 14.1. The molecule has 0 aliphatic heterocycles. The van der Waals surface area contributed by atoms with Gasteiger partial charge in [0.05, 0.1) is 16.7 Å². The summed E-state index contributed by atoms with van der Waals surface area (Å²) in [5, 5.41) is 5.32. The van der Waals surface area contributed by atoms with E-state index in [-0.39, 0.29) is 5.56 Å². The highest BCUT2D eigenvalue weighted by Crippen LogP contribution is 2.39. The molecule has 9 heteroatoms. The van der Waals surface area contributed by atoms with Crippen LogP contribution in [0.5, 0.6) is 0 Å². The molecule has 2 aromatic heterocycles. The Labute approximate surface area is 175 Å². The van der Waals surface area contributed by atoms with Crippen molar-refractivity contribution in [2.45, 2.75) is 49.6 Å². The van der Waals surface area contributed by atoms with Crippen molar-refractivity contribution in [1.29, 1.82) is 0 Å². The minimum atomic E-state index is -0.0444. The molecule has 28 heavy (non-hydrogen) atoms. The van der Waals surface area contributed by atoms with Crippen LogP contribution in [-0.2, 0) is 17.0 Å². The summed E-state index contributed by atoms with van der Waals surface area (Å²) in [5.74, 6) is 2.30. The molecular formula is C19H21BrN4O3S. The topological polar surface area (TPSA) is 83.0 Å². The van der Waals surface area contributed by atoms with Crippen LogP contribution in [0.1, 0.15) is 43.8 Å². The standard InChI is InChI=1S/C19H21BrN4O3S/c1-2-26-9-3-8-24-18(25)14-10-13(20)6-7-15(14)21-19(24)28-11-16-22-17(27-23-16)12-4-5-12/h6-7,10,12H,2-5,8-9,11H2,1H3. The van der Waals surface area contributed by atoms with Crippen LogP contribution in [0.3, 0.4) is 0 Å². The van der Waals surface area contributed by atoms with E-state index in [0.29, 0.717) is 53.3 Å². The van der Waals surface area contributed by atoms with Gasteiger partial charge in [0.2, 0.25) is 5.89 Å². The maximum atomic E-state index is 13.1. The lowest BCUT2D eigenvalue weighted by Crippen LogP contribution is -2.24. The molecule has 0 bridgehead atoms. The molecule has 1 aliphatic rings. The number of aromatic nitrogens is 4. The quantitative estimate of drug-likeness (QED) is 0.267. The lowest BCUT2D eigenvalue weighted by molar-refractivity contribution is 0.140. The first-order valence-electron chi connectivity index (χ1n) is 9.39. The van der Waals surface area contributed by atoms with Crippen LogP contribution in [0, 0.1) is 0 Å². The van der Waals surface area contributed by atoms with Crippen LogP contribution in [0.25, 0.3) is 10.9 Å². The van der Waals surface area contributed by atoms with E-state index in [1.54, 1.807) is 4.57 Å². The summed E-state index contributed by atoms with van der Waals surface area (Å²) in [5.41, 5.74) is 0.639. The minimum Gasteiger partial charge on any atom is -0.382 e. The number of hydrogen-bond donors (Lipinski definition) is 0. The number of nitrogens with zero attached hydrogens (tertiary/aromatic N) is 4. The van der Waals surface area contributed by atoms with E-state index in [4.69, 9.17) is 14.2 Å². The maximum Gasteiger partial charge on any atom is 0.262 e. The van der Waals surface area contributed by atoms with Crippen molar-refractivity contribution in [3.05, 3.63) is 44.7 Å². The van der Waals surface area contributed by atoms with Crippen LogP contribution < -0.4 is 5.56 Å². The molecular weight excluding hydrogens is 444 g/mol. The SMILES string of the molecule is CCOCCCn1c(SCc2noc(C3CC3)n2)nc2ccc(Br)cc2c1=O. The van der Waals surface area contributed by atoms with E-state index in [2.05, 4.69) is 26.1 Å². The van der Waals surface area contributed by atoms with Crippen molar-refractivity contribution in [2.24, 2.45) is 0 Å².